The van der Waals surface area contributed by atoms with Gasteiger partial charge in [-0.3, -0.25) is 9.69 Å². The highest BCUT2D eigenvalue weighted by molar-refractivity contribution is 6.69. The number of ether oxygens (including phenoxy) is 1. The van der Waals surface area contributed by atoms with Crippen molar-refractivity contribution in [1.29, 1.82) is 0 Å². The standard InChI is InChI=1S/C15H22BN2O2/c1-12-9-17(16-15(19)20-3)10-13(2)18(12)11-14-7-5-4-6-8-14/h4-8,12-13H,9-11H2,1-3H3/t12-,13+. The fourth-order valence-corrected chi connectivity index (χ4v) is 2.81. The van der Waals surface area contributed by atoms with E-state index in [9.17, 15) is 4.79 Å². The van der Waals surface area contributed by atoms with Crippen molar-refractivity contribution in [2.24, 2.45) is 0 Å². The maximum atomic E-state index is 11.3. The van der Waals surface area contributed by atoms with Gasteiger partial charge in [-0.15, -0.1) is 0 Å². The molecule has 0 aliphatic carbocycles. The van der Waals surface area contributed by atoms with Crippen LogP contribution in [0.5, 0.6) is 0 Å². The summed E-state index contributed by atoms with van der Waals surface area (Å²) in [5.41, 5.74) is 1.33. The molecule has 1 aromatic rings. The molecule has 0 unspecified atom stereocenters. The Morgan fingerprint density at radius 2 is 1.85 bits per heavy atom. The van der Waals surface area contributed by atoms with Crippen molar-refractivity contribution in [2.75, 3.05) is 20.2 Å². The monoisotopic (exact) mass is 273 g/mol. The van der Waals surface area contributed by atoms with E-state index in [2.05, 4.69) is 47.8 Å². The quantitative estimate of drug-likeness (QED) is 0.785. The van der Waals surface area contributed by atoms with Gasteiger partial charge in [-0.1, -0.05) is 30.3 Å². The van der Waals surface area contributed by atoms with Gasteiger partial charge in [0.1, 0.15) is 0 Å². The van der Waals surface area contributed by atoms with E-state index in [4.69, 9.17) is 4.74 Å². The Balaban J connectivity index is 1.95. The molecule has 1 heterocycles. The summed E-state index contributed by atoms with van der Waals surface area (Å²) in [5.74, 6) is -0.277. The third-order valence-electron chi connectivity index (χ3n) is 3.83. The van der Waals surface area contributed by atoms with E-state index < -0.39 is 0 Å². The number of benzene rings is 1. The van der Waals surface area contributed by atoms with Crippen LogP contribution in [-0.2, 0) is 11.3 Å². The first-order valence-electron chi connectivity index (χ1n) is 7.06. The molecular formula is C15H22BN2O2. The topological polar surface area (TPSA) is 32.8 Å². The van der Waals surface area contributed by atoms with Crippen LogP contribution in [-0.4, -0.2) is 55.3 Å². The lowest BCUT2D eigenvalue weighted by Crippen LogP contribution is -2.57. The highest BCUT2D eigenvalue weighted by Gasteiger charge is 2.30. The van der Waals surface area contributed by atoms with Gasteiger partial charge in [-0.2, -0.15) is 0 Å². The molecular weight excluding hydrogens is 251 g/mol. The van der Waals surface area contributed by atoms with E-state index in [0.29, 0.717) is 12.1 Å². The Bertz CT molecular complexity index is 429. The number of hydrogen-bond acceptors (Lipinski definition) is 4. The van der Waals surface area contributed by atoms with Crippen molar-refractivity contribution < 1.29 is 9.53 Å². The summed E-state index contributed by atoms with van der Waals surface area (Å²) < 4.78 is 4.70. The molecule has 0 aromatic heterocycles. The van der Waals surface area contributed by atoms with Gasteiger partial charge in [-0.25, -0.2) is 0 Å². The zero-order valence-electron chi connectivity index (χ0n) is 12.5. The second kappa shape index (κ2) is 6.91. The van der Waals surface area contributed by atoms with Gasteiger partial charge in [0, 0.05) is 31.7 Å². The molecule has 0 N–H and O–H groups in total. The van der Waals surface area contributed by atoms with Crippen LogP contribution >= 0.6 is 0 Å². The summed E-state index contributed by atoms with van der Waals surface area (Å²) >= 11 is 0. The minimum absolute atomic E-state index is 0.277. The van der Waals surface area contributed by atoms with Gasteiger partial charge >= 0.3 is 7.41 Å². The summed E-state index contributed by atoms with van der Waals surface area (Å²) in [6.07, 6.45) is 0. The lowest BCUT2D eigenvalue weighted by Gasteiger charge is -2.44. The van der Waals surface area contributed by atoms with Crippen LogP contribution in [0.25, 0.3) is 0 Å². The highest BCUT2D eigenvalue weighted by Crippen LogP contribution is 2.18. The molecule has 1 aliphatic rings. The van der Waals surface area contributed by atoms with E-state index >= 15 is 0 Å². The van der Waals surface area contributed by atoms with Crippen LogP contribution in [0.15, 0.2) is 30.3 Å². The van der Waals surface area contributed by atoms with Crippen LogP contribution in [0, 0.1) is 0 Å². The SMILES string of the molecule is COC(=O)[B]N1C[C@@H](C)N(Cc2ccccc2)[C@@H](C)C1. The molecule has 1 aliphatic heterocycles. The predicted octanol–water partition coefficient (Wildman–Crippen LogP) is 1.97. The van der Waals surface area contributed by atoms with E-state index in [0.717, 1.165) is 19.6 Å². The van der Waals surface area contributed by atoms with Crippen LogP contribution in [0.3, 0.4) is 0 Å². The molecule has 107 valence electrons. The van der Waals surface area contributed by atoms with Crippen LogP contribution in [0.4, 0.5) is 4.79 Å². The molecule has 1 aromatic carbocycles. The van der Waals surface area contributed by atoms with Crippen molar-refractivity contribution in [3.05, 3.63) is 35.9 Å². The first-order chi connectivity index (χ1) is 9.60. The van der Waals surface area contributed by atoms with Crippen molar-refractivity contribution >= 4 is 13.3 Å². The second-order valence-corrected chi connectivity index (χ2v) is 5.46. The lowest BCUT2D eigenvalue weighted by molar-refractivity contribution is 0.0688. The maximum absolute atomic E-state index is 11.3. The Morgan fingerprint density at radius 1 is 1.25 bits per heavy atom. The summed E-state index contributed by atoms with van der Waals surface area (Å²) in [7, 11) is 2.99. The van der Waals surface area contributed by atoms with Crippen LogP contribution in [0.1, 0.15) is 19.4 Å². The predicted molar refractivity (Wildman–Crippen MR) is 80.6 cm³/mol. The minimum atomic E-state index is -0.277. The van der Waals surface area contributed by atoms with Crippen molar-refractivity contribution in [3.63, 3.8) is 0 Å². The van der Waals surface area contributed by atoms with Gasteiger partial charge in [0.2, 0.25) is 0 Å². The number of hydrogen-bond donors (Lipinski definition) is 0. The van der Waals surface area contributed by atoms with Crippen molar-refractivity contribution in [1.82, 2.24) is 9.71 Å². The third-order valence-corrected chi connectivity index (χ3v) is 3.83. The normalized spacial score (nSPS) is 24.4. The number of piperazine rings is 1. The molecule has 1 saturated heterocycles. The summed E-state index contributed by atoms with van der Waals surface area (Å²) in [6.45, 7) is 7.07. The van der Waals surface area contributed by atoms with E-state index in [1.165, 1.54) is 12.7 Å². The van der Waals surface area contributed by atoms with Gasteiger partial charge in [0.05, 0.1) is 7.11 Å². The highest BCUT2D eigenvalue weighted by atomic mass is 16.5. The molecule has 2 rings (SSSR count). The van der Waals surface area contributed by atoms with Crippen LogP contribution in [0.2, 0.25) is 0 Å². The first kappa shape index (κ1) is 15.1. The van der Waals surface area contributed by atoms with Crippen molar-refractivity contribution in [3.8, 4) is 0 Å². The fraction of sp³-hybridized carbons (Fsp3) is 0.533. The average molecular weight is 273 g/mol. The Hall–Kier alpha value is -1.33. The van der Waals surface area contributed by atoms with Gasteiger partial charge in [0.25, 0.3) is 5.87 Å². The number of carbonyl (C=O) groups is 1. The zero-order chi connectivity index (χ0) is 14.5. The Labute approximate surface area is 122 Å². The number of nitrogens with zero attached hydrogens (tertiary/aromatic N) is 2. The molecule has 0 amide bonds. The van der Waals surface area contributed by atoms with E-state index in [-0.39, 0.29) is 5.87 Å². The van der Waals surface area contributed by atoms with Crippen LogP contribution < -0.4 is 0 Å². The Morgan fingerprint density at radius 3 is 2.40 bits per heavy atom. The lowest BCUT2D eigenvalue weighted by atomic mass is 9.88. The first-order valence-corrected chi connectivity index (χ1v) is 7.06. The summed E-state index contributed by atoms with van der Waals surface area (Å²) in [5, 5.41) is 0. The molecule has 2 atom stereocenters. The molecule has 5 heteroatoms. The van der Waals surface area contributed by atoms with Gasteiger partial charge in [0.15, 0.2) is 0 Å². The molecule has 1 fully saturated rings. The third kappa shape index (κ3) is 3.84. The van der Waals surface area contributed by atoms with E-state index in [1.807, 2.05) is 6.07 Å². The largest absolute Gasteiger partial charge is 0.476 e. The summed E-state index contributed by atoms with van der Waals surface area (Å²) in [6, 6.07) is 11.3. The maximum Gasteiger partial charge on any atom is 0.357 e. The zero-order valence-corrected chi connectivity index (χ0v) is 12.5. The average Bonchev–Trinajstić information content (AvgIpc) is 2.44. The van der Waals surface area contributed by atoms with Gasteiger partial charge in [-0.05, 0) is 19.4 Å². The minimum Gasteiger partial charge on any atom is -0.476 e. The smallest absolute Gasteiger partial charge is 0.357 e. The molecule has 0 saturated carbocycles. The number of rotatable bonds is 4. The molecule has 1 radical (unpaired) electrons. The van der Waals surface area contributed by atoms with Gasteiger partial charge < -0.3 is 9.55 Å². The number of carbonyl (C=O) groups excluding carboxylic acids is 1. The molecule has 4 nitrogen and oxygen atoms in total. The fourth-order valence-electron chi connectivity index (χ4n) is 2.81. The summed E-state index contributed by atoms with van der Waals surface area (Å²) in [4.78, 5) is 15.9. The Kier molecular flexibility index (Phi) is 5.20. The second-order valence-electron chi connectivity index (χ2n) is 5.46. The van der Waals surface area contributed by atoms with Crippen molar-refractivity contribution in [2.45, 2.75) is 32.5 Å². The molecule has 20 heavy (non-hydrogen) atoms. The molecule has 0 spiro atoms. The van der Waals surface area contributed by atoms with E-state index in [1.54, 1.807) is 7.41 Å². The molecule has 0 bridgehead atoms. The number of methoxy groups -OCH3 is 1.